The molecule has 14 heavy (non-hydrogen) atoms. The first-order chi connectivity index (χ1) is 6.58. The van der Waals surface area contributed by atoms with Crippen molar-refractivity contribution < 1.29 is 5.21 Å². The van der Waals surface area contributed by atoms with Crippen LogP contribution in [0.3, 0.4) is 0 Å². The lowest BCUT2D eigenvalue weighted by Gasteiger charge is -2.35. The van der Waals surface area contributed by atoms with Crippen molar-refractivity contribution >= 4 is 5.71 Å². The van der Waals surface area contributed by atoms with Crippen LogP contribution >= 0.6 is 0 Å². The molecule has 1 N–H and O–H groups in total. The normalized spacial score (nSPS) is 48.4. The Morgan fingerprint density at radius 3 is 2.86 bits per heavy atom. The van der Waals surface area contributed by atoms with Crippen molar-refractivity contribution in [3.05, 3.63) is 0 Å². The highest BCUT2D eigenvalue weighted by Gasteiger charge is 2.62. The second-order valence-electron chi connectivity index (χ2n) is 5.07. The van der Waals surface area contributed by atoms with Gasteiger partial charge < -0.3 is 5.21 Å². The first kappa shape index (κ1) is 9.51. The highest BCUT2D eigenvalue weighted by molar-refractivity contribution is 5.93. The zero-order valence-corrected chi connectivity index (χ0v) is 8.75. The fourth-order valence-electron chi connectivity index (χ4n) is 3.43. The maximum atomic E-state index is 8.96. The molecule has 0 aromatic carbocycles. The number of rotatable bonds is 1. The third kappa shape index (κ3) is 0.841. The SMILES string of the molecule is C[C@]12CC[C@H](CC1=NO)[C@@]2(C)CC#N. The van der Waals surface area contributed by atoms with Gasteiger partial charge in [-0.05, 0) is 30.6 Å². The fraction of sp³-hybridized carbons (Fsp3) is 0.818. The van der Waals surface area contributed by atoms with E-state index >= 15 is 0 Å². The number of nitrogens with zero attached hydrogens (tertiary/aromatic N) is 2. The van der Waals surface area contributed by atoms with Gasteiger partial charge in [-0.15, -0.1) is 0 Å². The molecule has 2 rings (SSSR count). The molecular formula is C11H16N2O. The molecule has 2 aliphatic carbocycles. The van der Waals surface area contributed by atoms with Crippen molar-refractivity contribution in [1.29, 1.82) is 5.26 Å². The fourth-order valence-corrected chi connectivity index (χ4v) is 3.43. The van der Waals surface area contributed by atoms with Gasteiger partial charge in [0.2, 0.25) is 0 Å². The summed E-state index contributed by atoms with van der Waals surface area (Å²) >= 11 is 0. The van der Waals surface area contributed by atoms with Gasteiger partial charge in [-0.2, -0.15) is 5.26 Å². The van der Waals surface area contributed by atoms with Crippen LogP contribution in [0, 0.1) is 28.1 Å². The van der Waals surface area contributed by atoms with Crippen molar-refractivity contribution in [1.82, 2.24) is 0 Å². The molecule has 0 unspecified atom stereocenters. The van der Waals surface area contributed by atoms with Gasteiger partial charge in [0.05, 0.1) is 11.8 Å². The molecule has 3 nitrogen and oxygen atoms in total. The average Bonchev–Trinajstić information content (AvgIpc) is 2.51. The van der Waals surface area contributed by atoms with Gasteiger partial charge in [0, 0.05) is 11.8 Å². The maximum Gasteiger partial charge on any atom is 0.0638 e. The molecule has 2 fully saturated rings. The zero-order valence-electron chi connectivity index (χ0n) is 8.75. The van der Waals surface area contributed by atoms with Gasteiger partial charge in [-0.3, -0.25) is 0 Å². The first-order valence-electron chi connectivity index (χ1n) is 5.17. The van der Waals surface area contributed by atoms with Gasteiger partial charge >= 0.3 is 0 Å². The van der Waals surface area contributed by atoms with E-state index in [2.05, 4.69) is 25.1 Å². The van der Waals surface area contributed by atoms with E-state index in [9.17, 15) is 0 Å². The molecule has 0 aromatic heterocycles. The lowest BCUT2D eigenvalue weighted by Crippen LogP contribution is -2.34. The van der Waals surface area contributed by atoms with Crippen molar-refractivity contribution in [3.8, 4) is 6.07 Å². The predicted octanol–water partition coefficient (Wildman–Crippen LogP) is 2.56. The highest BCUT2D eigenvalue weighted by Crippen LogP contribution is 2.65. The molecule has 0 aromatic rings. The quantitative estimate of drug-likeness (QED) is 0.512. The van der Waals surface area contributed by atoms with Crippen molar-refractivity contribution in [3.63, 3.8) is 0 Å². The van der Waals surface area contributed by atoms with Crippen LogP contribution in [0.1, 0.15) is 39.5 Å². The molecule has 0 aliphatic heterocycles. The van der Waals surface area contributed by atoms with E-state index in [1.807, 2.05) is 0 Å². The molecule has 3 atom stereocenters. The minimum Gasteiger partial charge on any atom is -0.411 e. The number of hydrogen-bond acceptors (Lipinski definition) is 3. The lowest BCUT2D eigenvalue weighted by molar-refractivity contribution is 0.168. The molecule has 0 radical (unpaired) electrons. The Labute approximate surface area is 84.4 Å². The Bertz CT molecular complexity index is 331. The number of hydrogen-bond donors (Lipinski definition) is 1. The lowest BCUT2D eigenvalue weighted by atomic mass is 9.67. The minimum absolute atomic E-state index is 0.0311. The number of oxime groups is 1. The smallest absolute Gasteiger partial charge is 0.0638 e. The van der Waals surface area contributed by atoms with E-state index in [1.165, 1.54) is 6.42 Å². The van der Waals surface area contributed by atoms with Gasteiger partial charge in [0.1, 0.15) is 0 Å². The summed E-state index contributed by atoms with van der Waals surface area (Å²) in [7, 11) is 0. The summed E-state index contributed by atoms with van der Waals surface area (Å²) in [5, 5.41) is 21.3. The van der Waals surface area contributed by atoms with Crippen LogP contribution in [0.5, 0.6) is 0 Å². The third-order valence-corrected chi connectivity index (χ3v) is 4.80. The summed E-state index contributed by atoms with van der Waals surface area (Å²) in [6.07, 6.45) is 3.70. The Hall–Kier alpha value is -1.04. The standard InChI is InChI=1S/C11H16N2O/c1-10(5-6-12)8-3-4-11(10,2)9(7-8)13-14/h8,14H,3-5,7H2,1-2H3/t8-,10-,11+/m1/s1. The molecule has 0 amide bonds. The number of nitriles is 1. The monoisotopic (exact) mass is 192 g/mol. The maximum absolute atomic E-state index is 8.96. The molecule has 2 aliphatic rings. The second-order valence-corrected chi connectivity index (χ2v) is 5.07. The van der Waals surface area contributed by atoms with Crippen LogP contribution in [0.15, 0.2) is 5.16 Å². The Balaban J connectivity index is 2.43. The van der Waals surface area contributed by atoms with E-state index in [4.69, 9.17) is 10.5 Å². The largest absolute Gasteiger partial charge is 0.411 e. The molecule has 0 heterocycles. The highest BCUT2D eigenvalue weighted by atomic mass is 16.4. The van der Waals surface area contributed by atoms with Crippen LogP contribution in [-0.4, -0.2) is 10.9 Å². The topological polar surface area (TPSA) is 56.4 Å². The molecular weight excluding hydrogens is 176 g/mol. The summed E-state index contributed by atoms with van der Waals surface area (Å²) in [6.45, 7) is 4.32. The first-order valence-corrected chi connectivity index (χ1v) is 5.17. The summed E-state index contributed by atoms with van der Waals surface area (Å²) in [4.78, 5) is 0. The predicted molar refractivity (Wildman–Crippen MR) is 53.0 cm³/mol. The molecule has 0 saturated heterocycles. The Morgan fingerprint density at radius 2 is 2.36 bits per heavy atom. The molecule has 2 saturated carbocycles. The average molecular weight is 192 g/mol. The van der Waals surface area contributed by atoms with Crippen LogP contribution in [0.2, 0.25) is 0 Å². The summed E-state index contributed by atoms with van der Waals surface area (Å²) in [5.74, 6) is 0.540. The molecule has 76 valence electrons. The molecule has 3 heteroatoms. The van der Waals surface area contributed by atoms with Gasteiger partial charge in [0.15, 0.2) is 0 Å². The van der Waals surface area contributed by atoms with Crippen molar-refractivity contribution in [2.24, 2.45) is 21.9 Å². The second kappa shape index (κ2) is 2.73. The number of fused-ring (bicyclic) bond motifs is 2. The van der Waals surface area contributed by atoms with E-state index < -0.39 is 0 Å². The van der Waals surface area contributed by atoms with Gasteiger partial charge in [-0.1, -0.05) is 19.0 Å². The van der Waals surface area contributed by atoms with Crippen molar-refractivity contribution in [2.75, 3.05) is 0 Å². The zero-order chi connectivity index (χ0) is 10.4. The summed E-state index contributed by atoms with van der Waals surface area (Å²) in [6, 6.07) is 2.28. The van der Waals surface area contributed by atoms with Crippen LogP contribution in [-0.2, 0) is 0 Å². The summed E-state index contributed by atoms with van der Waals surface area (Å²) in [5.41, 5.74) is 0.900. The van der Waals surface area contributed by atoms with Crippen LogP contribution in [0.4, 0.5) is 0 Å². The Morgan fingerprint density at radius 1 is 1.64 bits per heavy atom. The van der Waals surface area contributed by atoms with E-state index in [0.717, 1.165) is 18.6 Å². The third-order valence-electron chi connectivity index (χ3n) is 4.80. The van der Waals surface area contributed by atoms with E-state index in [0.29, 0.717) is 12.3 Å². The van der Waals surface area contributed by atoms with Crippen LogP contribution in [0.25, 0.3) is 0 Å². The van der Waals surface area contributed by atoms with Gasteiger partial charge in [-0.25, -0.2) is 0 Å². The Kier molecular flexibility index (Phi) is 1.85. The van der Waals surface area contributed by atoms with Crippen LogP contribution < -0.4 is 0 Å². The van der Waals surface area contributed by atoms with E-state index in [1.54, 1.807) is 0 Å². The molecule has 2 bridgehead atoms. The van der Waals surface area contributed by atoms with Gasteiger partial charge in [0.25, 0.3) is 0 Å². The minimum atomic E-state index is -0.0395. The van der Waals surface area contributed by atoms with E-state index in [-0.39, 0.29) is 10.8 Å². The van der Waals surface area contributed by atoms with Crippen molar-refractivity contribution in [2.45, 2.75) is 39.5 Å². The summed E-state index contributed by atoms with van der Waals surface area (Å²) < 4.78 is 0. The molecule has 0 spiro atoms.